The molecule has 1 N–H and O–H groups in total. The molecule has 1 aromatic heterocycles. The van der Waals surface area contributed by atoms with E-state index in [-0.39, 0.29) is 17.1 Å². The number of hydrogen-bond donors (Lipinski definition) is 1. The quantitative estimate of drug-likeness (QED) is 0.746. The molecule has 0 aromatic carbocycles. The van der Waals surface area contributed by atoms with Gasteiger partial charge in [0.1, 0.15) is 0 Å². The van der Waals surface area contributed by atoms with Gasteiger partial charge >= 0.3 is 0 Å². The SMILES string of the molecule is O=c1ccoc(C2CCCCC2)c1O. The van der Waals surface area contributed by atoms with Crippen molar-refractivity contribution in [3.63, 3.8) is 0 Å². The zero-order valence-corrected chi connectivity index (χ0v) is 8.03. The Hall–Kier alpha value is -1.25. The molecule has 0 spiro atoms. The summed E-state index contributed by atoms with van der Waals surface area (Å²) >= 11 is 0. The summed E-state index contributed by atoms with van der Waals surface area (Å²) in [4.78, 5) is 11.2. The van der Waals surface area contributed by atoms with Crippen LogP contribution >= 0.6 is 0 Å². The van der Waals surface area contributed by atoms with Crippen LogP contribution in [0, 0.1) is 0 Å². The summed E-state index contributed by atoms with van der Waals surface area (Å²) in [5.41, 5.74) is -0.336. The van der Waals surface area contributed by atoms with Crippen LogP contribution in [0.3, 0.4) is 0 Å². The zero-order valence-electron chi connectivity index (χ0n) is 8.03. The van der Waals surface area contributed by atoms with Crippen LogP contribution in [0.15, 0.2) is 21.5 Å². The number of hydrogen-bond acceptors (Lipinski definition) is 3. The molecular weight excluding hydrogens is 180 g/mol. The van der Waals surface area contributed by atoms with Crippen LogP contribution in [0.2, 0.25) is 0 Å². The molecule has 0 amide bonds. The van der Waals surface area contributed by atoms with Crippen molar-refractivity contribution in [3.05, 3.63) is 28.3 Å². The lowest BCUT2D eigenvalue weighted by Crippen LogP contribution is -2.08. The highest BCUT2D eigenvalue weighted by molar-refractivity contribution is 5.25. The van der Waals surface area contributed by atoms with Gasteiger partial charge in [-0.3, -0.25) is 4.79 Å². The lowest BCUT2D eigenvalue weighted by atomic mass is 9.87. The van der Waals surface area contributed by atoms with Gasteiger partial charge in [-0.2, -0.15) is 0 Å². The standard InChI is InChI=1S/C11H14O3/c12-9-6-7-14-11(10(9)13)8-4-2-1-3-5-8/h6-8,13H,1-5H2. The maximum atomic E-state index is 11.2. The van der Waals surface area contributed by atoms with Gasteiger partial charge in [0.15, 0.2) is 5.76 Å². The van der Waals surface area contributed by atoms with E-state index in [1.165, 1.54) is 18.8 Å². The Bertz CT molecular complexity index is 361. The first-order valence-electron chi connectivity index (χ1n) is 5.09. The highest BCUT2D eigenvalue weighted by atomic mass is 16.4. The molecule has 1 aliphatic carbocycles. The van der Waals surface area contributed by atoms with Crippen molar-refractivity contribution >= 4 is 0 Å². The first kappa shape index (κ1) is 9.31. The van der Waals surface area contributed by atoms with E-state index in [2.05, 4.69) is 0 Å². The minimum absolute atomic E-state index is 0.195. The number of aromatic hydroxyl groups is 1. The normalized spacial score (nSPS) is 18.3. The van der Waals surface area contributed by atoms with Gasteiger partial charge in [-0.25, -0.2) is 0 Å². The first-order valence-corrected chi connectivity index (χ1v) is 5.09. The minimum atomic E-state index is -0.336. The summed E-state index contributed by atoms with van der Waals surface area (Å²) in [5.74, 6) is 0.522. The molecule has 0 aliphatic heterocycles. The Balaban J connectivity index is 2.30. The molecule has 1 fully saturated rings. The zero-order chi connectivity index (χ0) is 9.97. The highest BCUT2D eigenvalue weighted by Gasteiger charge is 2.21. The van der Waals surface area contributed by atoms with Crippen molar-refractivity contribution in [1.82, 2.24) is 0 Å². The molecule has 3 nitrogen and oxygen atoms in total. The molecule has 0 saturated heterocycles. The second-order valence-electron chi connectivity index (χ2n) is 3.83. The predicted octanol–water partition coefficient (Wildman–Crippen LogP) is 2.39. The Morgan fingerprint density at radius 2 is 2.00 bits per heavy atom. The van der Waals surface area contributed by atoms with Crippen LogP contribution in [-0.2, 0) is 0 Å². The van der Waals surface area contributed by atoms with E-state index < -0.39 is 0 Å². The Kier molecular flexibility index (Phi) is 2.57. The third kappa shape index (κ3) is 1.67. The van der Waals surface area contributed by atoms with Crippen molar-refractivity contribution in [2.24, 2.45) is 0 Å². The van der Waals surface area contributed by atoms with Gasteiger partial charge in [-0.05, 0) is 12.8 Å². The second kappa shape index (κ2) is 3.86. The van der Waals surface area contributed by atoms with Gasteiger partial charge in [0.25, 0.3) is 0 Å². The molecule has 0 radical (unpaired) electrons. The van der Waals surface area contributed by atoms with E-state index in [1.807, 2.05) is 0 Å². The molecule has 1 aliphatic rings. The molecular formula is C11H14O3. The van der Waals surface area contributed by atoms with Gasteiger partial charge in [-0.1, -0.05) is 19.3 Å². The van der Waals surface area contributed by atoms with Crippen molar-refractivity contribution in [2.75, 3.05) is 0 Å². The van der Waals surface area contributed by atoms with Crippen molar-refractivity contribution in [1.29, 1.82) is 0 Å². The van der Waals surface area contributed by atoms with Crippen LogP contribution in [0.1, 0.15) is 43.8 Å². The lowest BCUT2D eigenvalue weighted by molar-refractivity contribution is 0.333. The third-order valence-corrected chi connectivity index (χ3v) is 2.86. The fraction of sp³-hybridized carbons (Fsp3) is 0.545. The highest BCUT2D eigenvalue weighted by Crippen LogP contribution is 2.35. The average Bonchev–Trinajstić information content (AvgIpc) is 2.23. The third-order valence-electron chi connectivity index (χ3n) is 2.86. The van der Waals surface area contributed by atoms with Gasteiger partial charge in [0, 0.05) is 12.0 Å². The molecule has 76 valence electrons. The molecule has 1 saturated carbocycles. The predicted molar refractivity (Wildman–Crippen MR) is 52.5 cm³/mol. The van der Waals surface area contributed by atoms with E-state index in [1.54, 1.807) is 0 Å². The van der Waals surface area contributed by atoms with Crippen molar-refractivity contribution in [3.8, 4) is 5.75 Å². The Labute approximate surface area is 82.4 Å². The van der Waals surface area contributed by atoms with Crippen LogP contribution in [-0.4, -0.2) is 5.11 Å². The smallest absolute Gasteiger partial charge is 0.226 e. The van der Waals surface area contributed by atoms with Crippen LogP contribution in [0.5, 0.6) is 5.75 Å². The number of rotatable bonds is 1. The molecule has 3 heteroatoms. The van der Waals surface area contributed by atoms with Crippen molar-refractivity contribution in [2.45, 2.75) is 38.0 Å². The lowest BCUT2D eigenvalue weighted by Gasteiger charge is -2.20. The van der Waals surface area contributed by atoms with Gasteiger partial charge < -0.3 is 9.52 Å². The van der Waals surface area contributed by atoms with Crippen LogP contribution in [0.25, 0.3) is 0 Å². The van der Waals surface area contributed by atoms with E-state index in [9.17, 15) is 9.90 Å². The van der Waals surface area contributed by atoms with Crippen molar-refractivity contribution < 1.29 is 9.52 Å². The molecule has 1 heterocycles. The summed E-state index contributed by atoms with van der Waals surface area (Å²) in [6, 6.07) is 1.25. The van der Waals surface area contributed by atoms with Gasteiger partial charge in [0.2, 0.25) is 11.2 Å². The summed E-state index contributed by atoms with van der Waals surface area (Å²) < 4.78 is 5.23. The van der Waals surface area contributed by atoms with E-state index in [0.717, 1.165) is 25.7 Å². The van der Waals surface area contributed by atoms with Gasteiger partial charge in [0.05, 0.1) is 6.26 Å². The maximum Gasteiger partial charge on any atom is 0.226 e. The summed E-state index contributed by atoms with van der Waals surface area (Å²) in [5, 5.41) is 9.54. The topological polar surface area (TPSA) is 50.4 Å². The molecule has 0 bridgehead atoms. The monoisotopic (exact) mass is 194 g/mol. The molecule has 0 unspecified atom stereocenters. The van der Waals surface area contributed by atoms with E-state index in [4.69, 9.17) is 4.42 Å². The van der Waals surface area contributed by atoms with Gasteiger partial charge in [-0.15, -0.1) is 0 Å². The summed E-state index contributed by atoms with van der Waals surface area (Å²) in [7, 11) is 0. The largest absolute Gasteiger partial charge is 0.502 e. The van der Waals surface area contributed by atoms with E-state index in [0.29, 0.717) is 5.76 Å². The van der Waals surface area contributed by atoms with E-state index >= 15 is 0 Å². The summed E-state index contributed by atoms with van der Waals surface area (Å²) in [6.45, 7) is 0. The maximum absolute atomic E-state index is 11.2. The second-order valence-corrected chi connectivity index (χ2v) is 3.83. The fourth-order valence-electron chi connectivity index (χ4n) is 2.08. The Morgan fingerprint density at radius 1 is 1.29 bits per heavy atom. The summed E-state index contributed by atoms with van der Waals surface area (Å²) in [6.07, 6.45) is 6.95. The fourth-order valence-corrected chi connectivity index (χ4v) is 2.08. The first-order chi connectivity index (χ1) is 6.79. The molecule has 0 atom stereocenters. The Morgan fingerprint density at radius 3 is 2.71 bits per heavy atom. The van der Waals surface area contributed by atoms with Crippen LogP contribution in [0.4, 0.5) is 0 Å². The minimum Gasteiger partial charge on any atom is -0.502 e. The molecule has 1 aromatic rings. The molecule has 2 rings (SSSR count). The van der Waals surface area contributed by atoms with Crippen LogP contribution < -0.4 is 5.43 Å². The average molecular weight is 194 g/mol. The molecule has 14 heavy (non-hydrogen) atoms.